The number of likely N-dealkylation sites (N-methyl/N-ethyl adjacent to an activating group) is 2. The van der Waals surface area contributed by atoms with Crippen LogP contribution < -0.4 is 5.73 Å². The normalized spacial score (nSPS) is 13.5. The number of amides is 3. The van der Waals surface area contributed by atoms with Crippen LogP contribution in [0.5, 0.6) is 0 Å². The Hall–Kier alpha value is -1.28. The Morgan fingerprint density at radius 3 is 2.04 bits per heavy atom. The third kappa shape index (κ3) is 9.46. The molecule has 0 saturated carbocycles. The minimum absolute atomic E-state index is 0.0584. The van der Waals surface area contributed by atoms with Crippen LogP contribution in [0.1, 0.15) is 40.0 Å². The summed E-state index contributed by atoms with van der Waals surface area (Å²) in [5.41, 5.74) is 5.54. The van der Waals surface area contributed by atoms with Crippen molar-refractivity contribution < 1.29 is 14.4 Å². The van der Waals surface area contributed by atoms with Crippen molar-refractivity contribution in [2.24, 2.45) is 11.7 Å². The van der Waals surface area contributed by atoms with Crippen LogP contribution in [0.3, 0.4) is 0 Å². The van der Waals surface area contributed by atoms with E-state index in [4.69, 9.17) is 5.73 Å². The Bertz CT molecular complexity index is 486. The predicted molar refractivity (Wildman–Crippen MR) is 113 cm³/mol. The van der Waals surface area contributed by atoms with Crippen LogP contribution in [0.4, 0.5) is 0 Å². The maximum Gasteiger partial charge on any atom is 0.246 e. The summed E-state index contributed by atoms with van der Waals surface area (Å²) in [5.74, 6) is 0.782. The van der Waals surface area contributed by atoms with Crippen LogP contribution in [0.25, 0.3) is 0 Å². The van der Waals surface area contributed by atoms with Crippen molar-refractivity contribution in [1.82, 2.24) is 14.7 Å². The predicted octanol–water partition coefficient (Wildman–Crippen LogP) is 1.27. The van der Waals surface area contributed by atoms with E-state index in [2.05, 4.69) is 4.90 Å². The molecule has 0 radical (unpaired) electrons. The van der Waals surface area contributed by atoms with Crippen LogP contribution >= 0.6 is 11.8 Å². The average Bonchev–Trinajstić information content (AvgIpc) is 2.57. The molecule has 158 valence electrons. The zero-order valence-electron chi connectivity index (χ0n) is 18.0. The third-order valence-corrected chi connectivity index (χ3v) is 5.43. The summed E-state index contributed by atoms with van der Waals surface area (Å²) < 4.78 is 0. The lowest BCUT2D eigenvalue weighted by molar-refractivity contribution is -0.146. The highest BCUT2D eigenvalue weighted by molar-refractivity contribution is 7.99. The van der Waals surface area contributed by atoms with Crippen molar-refractivity contribution in [2.45, 2.75) is 52.1 Å². The van der Waals surface area contributed by atoms with E-state index in [1.165, 1.54) is 9.80 Å². The molecular formula is C19H38N4O3S. The van der Waals surface area contributed by atoms with Crippen molar-refractivity contribution in [3.05, 3.63) is 0 Å². The molecule has 0 fully saturated rings. The van der Waals surface area contributed by atoms with Gasteiger partial charge < -0.3 is 20.4 Å². The van der Waals surface area contributed by atoms with Crippen molar-refractivity contribution >= 4 is 29.5 Å². The van der Waals surface area contributed by atoms with Gasteiger partial charge in [0.1, 0.15) is 12.1 Å². The molecule has 0 aliphatic carbocycles. The topological polar surface area (TPSA) is 87.0 Å². The summed E-state index contributed by atoms with van der Waals surface area (Å²) in [7, 11) is 7.27. The van der Waals surface area contributed by atoms with Crippen LogP contribution in [-0.4, -0.2) is 90.7 Å². The summed E-state index contributed by atoms with van der Waals surface area (Å²) in [6, 6.07) is -1.27. The summed E-state index contributed by atoms with van der Waals surface area (Å²) in [4.78, 5) is 42.4. The largest absolute Gasteiger partial charge is 0.368 e. The van der Waals surface area contributed by atoms with E-state index >= 15 is 0 Å². The van der Waals surface area contributed by atoms with Gasteiger partial charge in [-0.25, -0.2) is 0 Å². The summed E-state index contributed by atoms with van der Waals surface area (Å²) in [6.45, 7) is 6.80. The lowest BCUT2D eigenvalue weighted by Gasteiger charge is -2.34. The molecule has 27 heavy (non-hydrogen) atoms. The van der Waals surface area contributed by atoms with Crippen molar-refractivity contribution in [2.75, 3.05) is 46.2 Å². The van der Waals surface area contributed by atoms with Gasteiger partial charge in [-0.3, -0.25) is 14.4 Å². The maximum absolute atomic E-state index is 13.1. The number of hydrogen-bond acceptors (Lipinski definition) is 5. The molecule has 0 saturated heterocycles. The molecule has 2 atom stereocenters. The summed E-state index contributed by atoms with van der Waals surface area (Å²) >= 11 is 1.63. The van der Waals surface area contributed by atoms with Gasteiger partial charge in [0.15, 0.2) is 0 Å². The van der Waals surface area contributed by atoms with Crippen molar-refractivity contribution in [1.29, 1.82) is 0 Å². The fourth-order valence-corrected chi connectivity index (χ4v) is 3.91. The van der Waals surface area contributed by atoms with Gasteiger partial charge in [0.05, 0.1) is 0 Å². The van der Waals surface area contributed by atoms with Crippen LogP contribution in [0.15, 0.2) is 0 Å². The van der Waals surface area contributed by atoms with E-state index in [-0.39, 0.29) is 17.7 Å². The van der Waals surface area contributed by atoms with Gasteiger partial charge in [0.25, 0.3) is 0 Å². The Morgan fingerprint density at radius 2 is 1.59 bits per heavy atom. The second kappa shape index (κ2) is 13.0. The highest BCUT2D eigenvalue weighted by Crippen LogP contribution is 2.16. The number of nitrogens with two attached hydrogens (primary N) is 1. The number of carbonyl (C=O) groups excluding carboxylic acids is 3. The van der Waals surface area contributed by atoms with Crippen molar-refractivity contribution in [3.8, 4) is 0 Å². The van der Waals surface area contributed by atoms with Gasteiger partial charge in [-0.15, -0.1) is 0 Å². The van der Waals surface area contributed by atoms with E-state index in [9.17, 15) is 14.4 Å². The standard InChI is InChI=1S/C19H38N4O3S/c1-8-9-17(24)22(6)16(13-27-11-10-21(4)5)19(26)23(7)15(18(20)25)12-14(2)3/h14-16H,8-13H2,1-7H3,(H2,20,25)/t15-,16-/m0/s1. The quantitative estimate of drug-likeness (QED) is 0.469. The van der Waals surface area contributed by atoms with E-state index in [0.717, 1.165) is 18.7 Å². The number of rotatable bonds is 13. The van der Waals surface area contributed by atoms with E-state index in [1.807, 2.05) is 34.9 Å². The number of primary amides is 1. The molecule has 7 nitrogen and oxygen atoms in total. The molecule has 0 unspecified atom stereocenters. The van der Waals surface area contributed by atoms with E-state index < -0.39 is 18.0 Å². The van der Waals surface area contributed by atoms with Crippen LogP contribution in [0, 0.1) is 5.92 Å². The van der Waals surface area contributed by atoms with Crippen LogP contribution in [-0.2, 0) is 14.4 Å². The Balaban J connectivity index is 5.32. The minimum atomic E-state index is -0.665. The molecule has 0 aromatic heterocycles. The monoisotopic (exact) mass is 402 g/mol. The molecule has 8 heteroatoms. The number of hydrogen-bond donors (Lipinski definition) is 1. The Labute approximate surface area is 169 Å². The molecule has 0 spiro atoms. The fourth-order valence-electron chi connectivity index (χ4n) is 2.66. The van der Waals surface area contributed by atoms with Gasteiger partial charge in [0, 0.05) is 38.6 Å². The third-order valence-electron chi connectivity index (χ3n) is 4.41. The second-order valence-corrected chi connectivity index (χ2v) is 8.80. The van der Waals surface area contributed by atoms with Gasteiger partial charge in [-0.05, 0) is 32.9 Å². The minimum Gasteiger partial charge on any atom is -0.368 e. The highest BCUT2D eigenvalue weighted by Gasteiger charge is 2.34. The second-order valence-electron chi connectivity index (χ2n) is 7.65. The molecule has 0 aliphatic heterocycles. The average molecular weight is 403 g/mol. The summed E-state index contributed by atoms with van der Waals surface area (Å²) in [5, 5.41) is 0. The van der Waals surface area contributed by atoms with Crippen LogP contribution in [0.2, 0.25) is 0 Å². The van der Waals surface area contributed by atoms with E-state index in [0.29, 0.717) is 18.6 Å². The lowest BCUT2D eigenvalue weighted by Crippen LogP contribution is -2.55. The lowest BCUT2D eigenvalue weighted by atomic mass is 10.0. The molecule has 0 aromatic carbocycles. The summed E-state index contributed by atoms with van der Waals surface area (Å²) in [6.07, 6.45) is 1.63. The number of thioether (sulfide) groups is 1. The molecular weight excluding hydrogens is 364 g/mol. The molecule has 0 aromatic rings. The molecule has 0 rings (SSSR count). The van der Waals surface area contributed by atoms with Gasteiger partial charge in [-0.1, -0.05) is 20.8 Å². The van der Waals surface area contributed by atoms with Gasteiger partial charge >= 0.3 is 0 Å². The van der Waals surface area contributed by atoms with Gasteiger partial charge in [0.2, 0.25) is 17.7 Å². The molecule has 0 bridgehead atoms. The van der Waals surface area contributed by atoms with E-state index in [1.54, 1.807) is 25.9 Å². The Kier molecular flexibility index (Phi) is 12.4. The van der Waals surface area contributed by atoms with Gasteiger partial charge in [-0.2, -0.15) is 11.8 Å². The number of nitrogens with zero attached hydrogens (tertiary/aromatic N) is 3. The maximum atomic E-state index is 13.1. The number of carbonyl (C=O) groups is 3. The molecule has 0 heterocycles. The first-order chi connectivity index (χ1) is 12.5. The molecule has 3 amide bonds. The fraction of sp³-hybridized carbons (Fsp3) is 0.842. The van der Waals surface area contributed by atoms with Crippen molar-refractivity contribution in [3.63, 3.8) is 0 Å². The zero-order valence-corrected chi connectivity index (χ0v) is 18.8. The first-order valence-corrected chi connectivity index (χ1v) is 10.7. The highest BCUT2D eigenvalue weighted by atomic mass is 32.2. The first kappa shape index (κ1) is 25.7. The zero-order chi connectivity index (χ0) is 21.1. The molecule has 0 aliphatic rings. The SMILES string of the molecule is CCCC(=O)N(C)[C@@H](CSCCN(C)C)C(=O)N(C)[C@@H](CC(C)C)C(N)=O. The first-order valence-electron chi connectivity index (χ1n) is 9.56. The smallest absolute Gasteiger partial charge is 0.246 e. The molecule has 2 N–H and O–H groups in total. The Morgan fingerprint density at radius 1 is 1.00 bits per heavy atom.